The van der Waals surface area contributed by atoms with Crippen molar-refractivity contribution in [2.75, 3.05) is 32.8 Å². The highest BCUT2D eigenvalue weighted by atomic mass is 19.1. The Labute approximate surface area is 172 Å². The molecule has 0 aliphatic carbocycles. The molecule has 0 spiro atoms. The van der Waals surface area contributed by atoms with E-state index in [1.807, 2.05) is 4.90 Å². The molecule has 1 N–H and O–H groups in total. The van der Waals surface area contributed by atoms with E-state index in [-0.39, 0.29) is 24.3 Å². The molecule has 1 fully saturated rings. The molecule has 2 aromatic carbocycles. The summed E-state index contributed by atoms with van der Waals surface area (Å²) in [6.07, 6.45) is 1.40. The summed E-state index contributed by atoms with van der Waals surface area (Å²) < 4.78 is 61.7. The van der Waals surface area contributed by atoms with E-state index >= 15 is 0 Å². The number of rotatable bonds is 8. The van der Waals surface area contributed by atoms with Crippen LogP contribution in [-0.4, -0.2) is 48.8 Å². The second-order valence-electron chi connectivity index (χ2n) is 7.44. The van der Waals surface area contributed by atoms with Crippen LogP contribution >= 0.6 is 0 Å². The number of carbonyl (C=O) groups is 1. The summed E-state index contributed by atoms with van der Waals surface area (Å²) in [6, 6.07) is 5.69. The van der Waals surface area contributed by atoms with Gasteiger partial charge in [-0.25, -0.2) is 17.6 Å². The molecule has 1 aliphatic heterocycles. The fraction of sp³-hybridized carbons (Fsp3) is 0.409. The molecule has 0 amide bonds. The lowest BCUT2D eigenvalue weighted by molar-refractivity contribution is -0.143. The predicted molar refractivity (Wildman–Crippen MR) is 102 cm³/mol. The zero-order valence-corrected chi connectivity index (χ0v) is 16.3. The highest BCUT2D eigenvalue weighted by Gasteiger charge is 2.26. The van der Waals surface area contributed by atoms with Gasteiger partial charge in [-0.1, -0.05) is 0 Å². The highest BCUT2D eigenvalue weighted by molar-refractivity contribution is 5.70. The number of nitrogens with zero attached hydrogens (tertiary/aromatic N) is 1. The van der Waals surface area contributed by atoms with Crippen molar-refractivity contribution in [2.45, 2.75) is 18.8 Å². The van der Waals surface area contributed by atoms with E-state index in [4.69, 9.17) is 9.84 Å². The minimum absolute atomic E-state index is 0.122. The van der Waals surface area contributed by atoms with Gasteiger partial charge in [-0.2, -0.15) is 0 Å². The lowest BCUT2D eigenvalue weighted by Gasteiger charge is -2.30. The van der Waals surface area contributed by atoms with E-state index in [1.165, 1.54) is 0 Å². The van der Waals surface area contributed by atoms with Gasteiger partial charge in [-0.3, -0.25) is 4.79 Å². The Hall–Kier alpha value is -2.45. The van der Waals surface area contributed by atoms with Crippen LogP contribution in [0.4, 0.5) is 17.6 Å². The Balaban J connectivity index is 1.70. The van der Waals surface area contributed by atoms with Gasteiger partial charge in [0.2, 0.25) is 0 Å². The Kier molecular flexibility index (Phi) is 7.44. The van der Waals surface area contributed by atoms with Crippen molar-refractivity contribution < 1.29 is 32.2 Å². The van der Waals surface area contributed by atoms with Gasteiger partial charge in [-0.15, -0.1) is 0 Å². The van der Waals surface area contributed by atoms with E-state index < -0.39 is 41.1 Å². The Morgan fingerprint density at radius 3 is 2.23 bits per heavy atom. The fourth-order valence-corrected chi connectivity index (χ4v) is 3.77. The molecule has 0 bridgehead atoms. The summed E-state index contributed by atoms with van der Waals surface area (Å²) in [6.45, 7) is 1.62. The first-order valence-electron chi connectivity index (χ1n) is 9.78. The van der Waals surface area contributed by atoms with E-state index in [2.05, 4.69) is 0 Å². The maximum Gasteiger partial charge on any atom is 0.307 e. The van der Waals surface area contributed by atoms with Crippen molar-refractivity contribution in [3.05, 3.63) is 70.8 Å². The van der Waals surface area contributed by atoms with Crippen molar-refractivity contribution in [2.24, 2.45) is 5.92 Å². The third-order valence-electron chi connectivity index (χ3n) is 5.36. The average Bonchev–Trinajstić information content (AvgIpc) is 2.72. The molecule has 3 rings (SSSR count). The predicted octanol–water partition coefficient (Wildman–Crippen LogP) is 4.19. The lowest BCUT2D eigenvalue weighted by Crippen LogP contribution is -2.40. The smallest absolute Gasteiger partial charge is 0.307 e. The average molecular weight is 425 g/mol. The number of halogens is 4. The third kappa shape index (κ3) is 5.58. The van der Waals surface area contributed by atoms with Crippen LogP contribution in [-0.2, 0) is 9.53 Å². The van der Waals surface area contributed by atoms with Gasteiger partial charge in [0.25, 0.3) is 0 Å². The SMILES string of the molecule is O=C(O)C1CCCN(CCOCC(c2cc(F)ccc2F)c2cc(F)ccc2F)C1. The van der Waals surface area contributed by atoms with E-state index in [1.54, 1.807) is 0 Å². The molecular formula is C22H23F4NO3. The van der Waals surface area contributed by atoms with Gasteiger partial charge in [0, 0.05) is 30.1 Å². The van der Waals surface area contributed by atoms with Crippen LogP contribution in [0.25, 0.3) is 0 Å². The number of carboxylic acids is 1. The van der Waals surface area contributed by atoms with E-state index in [0.29, 0.717) is 19.5 Å². The number of benzene rings is 2. The molecule has 1 unspecified atom stereocenters. The minimum Gasteiger partial charge on any atom is -0.481 e. The fourth-order valence-electron chi connectivity index (χ4n) is 3.77. The number of hydrogen-bond acceptors (Lipinski definition) is 3. The van der Waals surface area contributed by atoms with Gasteiger partial charge in [0.1, 0.15) is 23.3 Å². The van der Waals surface area contributed by atoms with Crippen LogP contribution in [0.5, 0.6) is 0 Å². The quantitative estimate of drug-likeness (QED) is 0.509. The molecule has 2 aromatic rings. The molecule has 1 aliphatic rings. The summed E-state index contributed by atoms with van der Waals surface area (Å²) in [7, 11) is 0. The number of likely N-dealkylation sites (tertiary alicyclic amines) is 1. The maximum absolute atomic E-state index is 14.4. The zero-order valence-electron chi connectivity index (χ0n) is 16.3. The summed E-state index contributed by atoms with van der Waals surface area (Å²) in [5.41, 5.74) is -0.244. The zero-order chi connectivity index (χ0) is 21.7. The molecule has 4 nitrogen and oxygen atoms in total. The van der Waals surface area contributed by atoms with Crippen LogP contribution in [0.15, 0.2) is 36.4 Å². The number of ether oxygens (including phenoxy) is 1. The Morgan fingerprint density at radius 1 is 1.07 bits per heavy atom. The molecule has 1 saturated heterocycles. The normalized spacial score (nSPS) is 17.4. The van der Waals surface area contributed by atoms with Gasteiger partial charge < -0.3 is 14.7 Å². The molecule has 1 heterocycles. The molecule has 0 radical (unpaired) electrons. The first kappa shape index (κ1) is 22.2. The second kappa shape index (κ2) is 10.0. The van der Waals surface area contributed by atoms with Crippen LogP contribution in [0.2, 0.25) is 0 Å². The van der Waals surface area contributed by atoms with Crippen molar-refractivity contribution >= 4 is 5.97 Å². The molecule has 0 aromatic heterocycles. The number of piperidine rings is 1. The summed E-state index contributed by atoms with van der Waals surface area (Å²) in [5, 5.41) is 9.16. The summed E-state index contributed by atoms with van der Waals surface area (Å²) >= 11 is 0. The Bertz CT molecular complexity index is 841. The van der Waals surface area contributed by atoms with E-state index in [0.717, 1.165) is 49.4 Å². The largest absolute Gasteiger partial charge is 0.481 e. The van der Waals surface area contributed by atoms with Gasteiger partial charge in [-0.05, 0) is 55.8 Å². The number of aliphatic carboxylic acids is 1. The van der Waals surface area contributed by atoms with Crippen LogP contribution in [0.1, 0.15) is 29.9 Å². The standard InChI is InChI=1S/C22H23F4NO3/c23-15-3-5-20(25)17(10-15)19(18-11-16(24)4-6-21(18)26)13-30-9-8-27-7-1-2-14(12-27)22(28)29/h3-6,10-11,14,19H,1-2,7-9,12-13H2,(H,28,29). The molecule has 0 saturated carbocycles. The van der Waals surface area contributed by atoms with Gasteiger partial charge in [0.05, 0.1) is 19.1 Å². The molecular weight excluding hydrogens is 402 g/mol. The third-order valence-corrected chi connectivity index (χ3v) is 5.36. The molecule has 1 atom stereocenters. The van der Waals surface area contributed by atoms with Crippen LogP contribution in [0, 0.1) is 29.2 Å². The monoisotopic (exact) mass is 425 g/mol. The van der Waals surface area contributed by atoms with Crippen molar-refractivity contribution in [1.82, 2.24) is 4.90 Å². The number of hydrogen-bond donors (Lipinski definition) is 1. The molecule has 162 valence electrons. The lowest BCUT2D eigenvalue weighted by atomic mass is 9.91. The van der Waals surface area contributed by atoms with Crippen LogP contribution < -0.4 is 0 Å². The molecule has 8 heteroatoms. The highest BCUT2D eigenvalue weighted by Crippen LogP contribution is 2.30. The minimum atomic E-state index is -1.04. The van der Waals surface area contributed by atoms with Crippen LogP contribution in [0.3, 0.4) is 0 Å². The summed E-state index contributed by atoms with van der Waals surface area (Å²) in [5.74, 6) is -5.16. The van der Waals surface area contributed by atoms with Gasteiger partial charge in [0.15, 0.2) is 0 Å². The molecule has 30 heavy (non-hydrogen) atoms. The first-order chi connectivity index (χ1) is 14.3. The van der Waals surface area contributed by atoms with Crippen molar-refractivity contribution in [3.8, 4) is 0 Å². The second-order valence-corrected chi connectivity index (χ2v) is 7.44. The van der Waals surface area contributed by atoms with Crippen molar-refractivity contribution in [3.63, 3.8) is 0 Å². The van der Waals surface area contributed by atoms with E-state index in [9.17, 15) is 22.4 Å². The van der Waals surface area contributed by atoms with Gasteiger partial charge >= 0.3 is 5.97 Å². The van der Waals surface area contributed by atoms with Crippen molar-refractivity contribution in [1.29, 1.82) is 0 Å². The maximum atomic E-state index is 14.4. The topological polar surface area (TPSA) is 49.8 Å². The summed E-state index contributed by atoms with van der Waals surface area (Å²) in [4.78, 5) is 13.1. The Morgan fingerprint density at radius 2 is 1.67 bits per heavy atom. The number of carboxylic acid groups (broad SMARTS) is 1. The first-order valence-corrected chi connectivity index (χ1v) is 9.78.